The summed E-state index contributed by atoms with van der Waals surface area (Å²) in [6.07, 6.45) is 2.92. The Labute approximate surface area is 237 Å². The second kappa shape index (κ2) is 10.8. The van der Waals surface area contributed by atoms with E-state index in [0.29, 0.717) is 0 Å². The van der Waals surface area contributed by atoms with E-state index < -0.39 is 43.2 Å². The molecule has 0 saturated heterocycles. The van der Waals surface area contributed by atoms with E-state index in [9.17, 15) is 21.2 Å². The van der Waals surface area contributed by atoms with E-state index >= 15 is 4.39 Å². The van der Waals surface area contributed by atoms with Crippen molar-refractivity contribution in [1.29, 1.82) is 0 Å². The molecule has 0 aliphatic heterocycles. The van der Waals surface area contributed by atoms with Crippen LogP contribution in [0.25, 0.3) is 27.1 Å². The molecule has 14 heteroatoms. The minimum atomic E-state index is -4.22. The van der Waals surface area contributed by atoms with Crippen LogP contribution in [0.1, 0.15) is 26.3 Å². The van der Waals surface area contributed by atoms with Crippen molar-refractivity contribution in [2.24, 2.45) is 5.41 Å². The monoisotopic (exact) mass is 603 g/mol. The minimum absolute atomic E-state index is 0.0245. The van der Waals surface area contributed by atoms with Gasteiger partial charge in [-0.25, -0.2) is 36.0 Å². The van der Waals surface area contributed by atoms with Gasteiger partial charge in [0.05, 0.1) is 42.3 Å². The Morgan fingerprint density at radius 1 is 1.12 bits per heavy atom. The number of hydrogen-bond donors (Lipinski definition) is 1. The van der Waals surface area contributed by atoms with Gasteiger partial charge in [0.1, 0.15) is 5.82 Å². The molecule has 0 spiro atoms. The Morgan fingerprint density at radius 3 is 2.37 bits per heavy atom. The van der Waals surface area contributed by atoms with E-state index in [1.165, 1.54) is 18.3 Å². The van der Waals surface area contributed by atoms with E-state index in [0.717, 1.165) is 34.1 Å². The fourth-order valence-corrected chi connectivity index (χ4v) is 5.69. The smallest absolute Gasteiger partial charge is 0.269 e. The number of benzene rings is 1. The lowest BCUT2D eigenvalue weighted by atomic mass is 9.87. The summed E-state index contributed by atoms with van der Waals surface area (Å²) in [6.45, 7) is 14.4. The molecule has 0 bridgehead atoms. The molecule has 4 rings (SSSR count). The molecule has 216 valence electrons. The molecule has 3 aromatic heterocycles. The van der Waals surface area contributed by atoms with Crippen molar-refractivity contribution < 1.29 is 29.8 Å². The highest BCUT2D eigenvalue weighted by Crippen LogP contribution is 2.38. The zero-order chi connectivity index (χ0) is 30.3. The topological polar surface area (TPSA) is 125 Å². The Morgan fingerprint density at radius 2 is 1.78 bits per heavy atom. The zero-order valence-electron chi connectivity index (χ0n) is 22.8. The molecule has 0 amide bonds. The van der Waals surface area contributed by atoms with Gasteiger partial charge in [0.25, 0.3) is 20.1 Å². The van der Waals surface area contributed by atoms with E-state index in [-0.39, 0.29) is 45.3 Å². The molecule has 41 heavy (non-hydrogen) atoms. The van der Waals surface area contributed by atoms with Gasteiger partial charge in [0.2, 0.25) is 5.69 Å². The lowest BCUT2D eigenvalue weighted by Gasteiger charge is -2.31. The van der Waals surface area contributed by atoms with Crippen LogP contribution >= 0.6 is 0 Å². The third-order valence-corrected chi connectivity index (χ3v) is 8.52. The predicted octanol–water partition coefficient (Wildman–Crippen LogP) is 5.28. The Kier molecular flexibility index (Phi) is 7.92. The molecule has 0 aliphatic carbocycles. The molecule has 1 N–H and O–H groups in total. The molecule has 1 aromatic carbocycles. The summed E-state index contributed by atoms with van der Waals surface area (Å²) in [6, 6.07) is 7.32. The molecule has 0 unspecified atom stereocenters. The number of nitrogens with zero attached hydrogens (tertiary/aromatic N) is 4. The molecule has 4 aromatic rings. The van der Waals surface area contributed by atoms with Gasteiger partial charge in [-0.3, -0.25) is 4.18 Å². The predicted molar refractivity (Wildman–Crippen MR) is 151 cm³/mol. The van der Waals surface area contributed by atoms with Gasteiger partial charge >= 0.3 is 0 Å². The standard InChI is InChI=1S/C27H27F2N5O5S2/c1-16-7-9-18(10-8-16)41(37,38)34-14-20(19-11-17(28)13-31-26(19)34)24-22(30-5)12-21(29)25(33-24)32-23(27(2,3)4)15-39-40(6,35)36/h7-14,23H,15H2,1-4,6H3,(H,32,33)/t23-/m1/s1. The number of aromatic nitrogens is 3. The van der Waals surface area contributed by atoms with Gasteiger partial charge in [0.15, 0.2) is 17.3 Å². The van der Waals surface area contributed by atoms with Gasteiger partial charge in [0, 0.05) is 17.1 Å². The minimum Gasteiger partial charge on any atom is -0.362 e. The summed E-state index contributed by atoms with van der Waals surface area (Å²) in [5.74, 6) is -2.01. The van der Waals surface area contributed by atoms with Gasteiger partial charge in [-0.1, -0.05) is 38.5 Å². The number of halogens is 2. The summed E-state index contributed by atoms with van der Waals surface area (Å²) in [5.41, 5.74) is -0.276. The van der Waals surface area contributed by atoms with E-state index in [1.807, 2.05) is 0 Å². The molecule has 1 atom stereocenters. The van der Waals surface area contributed by atoms with Gasteiger partial charge in [-0.15, -0.1) is 0 Å². The Hall–Kier alpha value is -3.93. The van der Waals surface area contributed by atoms with Crippen molar-refractivity contribution >= 4 is 42.7 Å². The fourth-order valence-electron chi connectivity index (χ4n) is 3.98. The van der Waals surface area contributed by atoms with Crippen LogP contribution in [0.2, 0.25) is 0 Å². The molecule has 0 fully saturated rings. The summed E-state index contributed by atoms with van der Waals surface area (Å²) >= 11 is 0. The summed E-state index contributed by atoms with van der Waals surface area (Å²) in [5, 5.41) is 2.89. The molecule has 3 heterocycles. The van der Waals surface area contributed by atoms with E-state index in [2.05, 4.69) is 20.1 Å². The number of hydrogen-bond acceptors (Lipinski definition) is 8. The van der Waals surface area contributed by atoms with Crippen LogP contribution in [-0.4, -0.2) is 49.7 Å². The first kappa shape index (κ1) is 30.0. The summed E-state index contributed by atoms with van der Waals surface area (Å²) in [4.78, 5) is 11.6. The molecule has 0 saturated carbocycles. The first-order valence-electron chi connectivity index (χ1n) is 12.2. The second-order valence-electron chi connectivity index (χ2n) is 10.5. The number of aryl methyl sites for hydroxylation is 1. The summed E-state index contributed by atoms with van der Waals surface area (Å²) in [7, 11) is -8.02. The SMILES string of the molecule is [C-]#[N+]c1cc(F)c(N[C@H](COS(C)(=O)=O)C(C)(C)C)nc1-c1cn(S(=O)(=O)c2ccc(C)cc2)c2ncc(F)cc12. The maximum atomic E-state index is 15.2. The molecule has 10 nitrogen and oxygen atoms in total. The van der Waals surface area contributed by atoms with Crippen molar-refractivity contribution in [3.8, 4) is 11.3 Å². The van der Waals surface area contributed by atoms with Crippen molar-refractivity contribution in [3.63, 3.8) is 0 Å². The maximum absolute atomic E-state index is 15.2. The number of rotatable bonds is 8. The van der Waals surface area contributed by atoms with Crippen LogP contribution in [0.5, 0.6) is 0 Å². The average molecular weight is 604 g/mol. The Bertz CT molecular complexity index is 1890. The molecular weight excluding hydrogens is 576 g/mol. The lowest BCUT2D eigenvalue weighted by Crippen LogP contribution is -2.39. The number of fused-ring (bicyclic) bond motifs is 1. The van der Waals surface area contributed by atoms with Crippen LogP contribution in [0.3, 0.4) is 0 Å². The van der Waals surface area contributed by atoms with Crippen LogP contribution in [-0.2, 0) is 24.3 Å². The normalized spacial score (nSPS) is 13.2. The first-order chi connectivity index (χ1) is 19.0. The highest BCUT2D eigenvalue weighted by Gasteiger charge is 2.29. The third kappa shape index (κ3) is 6.37. The first-order valence-corrected chi connectivity index (χ1v) is 15.4. The highest BCUT2D eigenvalue weighted by atomic mass is 32.2. The maximum Gasteiger partial charge on any atom is 0.269 e. The van der Waals surface area contributed by atoms with Crippen LogP contribution < -0.4 is 5.32 Å². The second-order valence-corrected chi connectivity index (χ2v) is 14.0. The van der Waals surface area contributed by atoms with E-state index in [4.69, 9.17) is 10.8 Å². The van der Waals surface area contributed by atoms with Gasteiger partial charge in [-0.2, -0.15) is 8.42 Å². The Balaban J connectivity index is 1.91. The van der Waals surface area contributed by atoms with Crippen molar-refractivity contribution in [1.82, 2.24) is 13.9 Å². The molecule has 0 aliphatic rings. The number of pyridine rings is 2. The van der Waals surface area contributed by atoms with Gasteiger partial charge < -0.3 is 5.32 Å². The van der Waals surface area contributed by atoms with Crippen molar-refractivity contribution in [2.45, 2.75) is 38.6 Å². The highest BCUT2D eigenvalue weighted by molar-refractivity contribution is 7.90. The van der Waals surface area contributed by atoms with Gasteiger partial charge in [-0.05, 0) is 36.6 Å². The quantitative estimate of drug-likeness (QED) is 0.213. The van der Waals surface area contributed by atoms with Crippen molar-refractivity contribution in [2.75, 3.05) is 18.2 Å². The third-order valence-electron chi connectivity index (χ3n) is 6.29. The van der Waals surface area contributed by atoms with E-state index in [1.54, 1.807) is 39.8 Å². The fraction of sp³-hybridized carbons (Fsp3) is 0.296. The average Bonchev–Trinajstić information content (AvgIpc) is 3.25. The summed E-state index contributed by atoms with van der Waals surface area (Å²) < 4.78 is 85.7. The van der Waals surface area contributed by atoms with Crippen molar-refractivity contribution in [3.05, 3.63) is 77.4 Å². The number of anilines is 1. The van der Waals surface area contributed by atoms with Crippen LogP contribution in [0.4, 0.5) is 20.3 Å². The van der Waals surface area contributed by atoms with Crippen LogP contribution in [0, 0.1) is 30.5 Å². The largest absolute Gasteiger partial charge is 0.362 e. The number of nitrogens with one attached hydrogen (secondary N) is 1. The molecule has 0 radical (unpaired) electrons. The molecular formula is C27H27F2N5O5S2. The van der Waals surface area contributed by atoms with Crippen LogP contribution in [0.15, 0.2) is 53.7 Å². The lowest BCUT2D eigenvalue weighted by molar-refractivity contribution is 0.224. The zero-order valence-corrected chi connectivity index (χ0v) is 24.4.